The van der Waals surface area contributed by atoms with E-state index < -0.39 is 6.23 Å². The molecule has 3 aromatic heterocycles. The molecule has 8 heteroatoms. The summed E-state index contributed by atoms with van der Waals surface area (Å²) in [4.78, 5) is 16.0. The number of hydrogen-bond donors (Lipinski definition) is 3. The third-order valence-electron chi connectivity index (χ3n) is 6.48. The lowest BCUT2D eigenvalue weighted by Crippen LogP contribution is -2.22. The minimum absolute atomic E-state index is 0.438. The second-order valence-electron chi connectivity index (χ2n) is 8.73. The first kappa shape index (κ1) is 21.6. The minimum Gasteiger partial charge on any atom is -0.382 e. The zero-order valence-electron chi connectivity index (χ0n) is 19.0. The number of anilines is 2. The standard InChI is InChI=1S/C25H31N7O/c1-17-29-22-23(21-20(30-24(22)26)7-6-13-27-21)32(17)16-3-2-12-28-25(33)18-8-10-19(11-9-18)31-14-4-5-15-31/h6-11,13,25,28,33H,2-5,12,14-16H2,1H3,(H2,26,30). The second kappa shape index (κ2) is 9.33. The van der Waals surface area contributed by atoms with E-state index in [0.717, 1.165) is 67.0 Å². The van der Waals surface area contributed by atoms with Crippen molar-refractivity contribution in [1.29, 1.82) is 0 Å². The zero-order chi connectivity index (χ0) is 22.8. The number of aryl methyl sites for hydroxylation is 2. The van der Waals surface area contributed by atoms with Crippen LogP contribution in [-0.2, 0) is 6.54 Å². The molecule has 172 valence electrons. The third-order valence-corrected chi connectivity index (χ3v) is 6.48. The monoisotopic (exact) mass is 445 g/mol. The Morgan fingerprint density at radius 1 is 1.06 bits per heavy atom. The van der Waals surface area contributed by atoms with Gasteiger partial charge in [-0.2, -0.15) is 0 Å². The molecule has 1 fully saturated rings. The third kappa shape index (κ3) is 4.36. The van der Waals surface area contributed by atoms with E-state index in [2.05, 4.69) is 41.9 Å². The predicted molar refractivity (Wildman–Crippen MR) is 132 cm³/mol. The van der Waals surface area contributed by atoms with Gasteiger partial charge >= 0.3 is 0 Å². The first-order valence-corrected chi connectivity index (χ1v) is 11.8. The van der Waals surface area contributed by atoms with Gasteiger partial charge in [0.25, 0.3) is 0 Å². The summed E-state index contributed by atoms with van der Waals surface area (Å²) in [7, 11) is 0. The van der Waals surface area contributed by atoms with Gasteiger partial charge in [0.1, 0.15) is 28.6 Å². The van der Waals surface area contributed by atoms with Crippen LogP contribution in [0.15, 0.2) is 42.6 Å². The van der Waals surface area contributed by atoms with E-state index in [1.807, 2.05) is 31.2 Å². The van der Waals surface area contributed by atoms with Gasteiger partial charge in [-0.05, 0) is 69.0 Å². The molecule has 1 atom stereocenters. The highest BCUT2D eigenvalue weighted by Gasteiger charge is 2.16. The number of imidazole rings is 1. The molecular weight excluding hydrogens is 414 g/mol. The number of aliphatic hydroxyl groups excluding tert-OH is 1. The highest BCUT2D eigenvalue weighted by atomic mass is 16.3. The number of unbranched alkanes of at least 4 members (excludes halogenated alkanes) is 1. The Bertz CT molecular complexity index is 1250. The van der Waals surface area contributed by atoms with E-state index in [0.29, 0.717) is 11.3 Å². The molecule has 0 saturated carbocycles. The number of rotatable bonds is 8. The second-order valence-corrected chi connectivity index (χ2v) is 8.73. The zero-order valence-corrected chi connectivity index (χ0v) is 19.0. The number of fused-ring (bicyclic) bond motifs is 3. The van der Waals surface area contributed by atoms with Crippen LogP contribution in [0.1, 0.15) is 43.3 Å². The van der Waals surface area contributed by atoms with Gasteiger partial charge in [0, 0.05) is 31.5 Å². The van der Waals surface area contributed by atoms with Crippen molar-refractivity contribution in [1.82, 2.24) is 24.8 Å². The van der Waals surface area contributed by atoms with Crippen LogP contribution in [-0.4, -0.2) is 44.3 Å². The molecule has 1 aromatic carbocycles. The van der Waals surface area contributed by atoms with Crippen molar-refractivity contribution in [2.45, 2.75) is 45.4 Å². The molecule has 1 unspecified atom stereocenters. The number of benzene rings is 1. The van der Waals surface area contributed by atoms with Gasteiger partial charge in [-0.25, -0.2) is 9.97 Å². The van der Waals surface area contributed by atoms with Gasteiger partial charge in [0.15, 0.2) is 5.82 Å². The maximum absolute atomic E-state index is 10.5. The molecule has 0 aliphatic carbocycles. The summed E-state index contributed by atoms with van der Waals surface area (Å²) in [5.74, 6) is 1.34. The summed E-state index contributed by atoms with van der Waals surface area (Å²) in [6.45, 7) is 5.77. The Morgan fingerprint density at radius 2 is 1.85 bits per heavy atom. The fourth-order valence-corrected chi connectivity index (χ4v) is 4.70. The maximum atomic E-state index is 10.5. The number of aliphatic hydroxyl groups is 1. The van der Waals surface area contributed by atoms with Crippen molar-refractivity contribution in [3.8, 4) is 0 Å². The number of nitrogens with one attached hydrogen (secondary N) is 1. The molecule has 5 rings (SSSR count). The average molecular weight is 446 g/mol. The van der Waals surface area contributed by atoms with Crippen LogP contribution in [0.4, 0.5) is 11.5 Å². The van der Waals surface area contributed by atoms with Crippen LogP contribution in [0.5, 0.6) is 0 Å². The Balaban J connectivity index is 1.18. The van der Waals surface area contributed by atoms with E-state index in [1.165, 1.54) is 18.5 Å². The van der Waals surface area contributed by atoms with Crippen LogP contribution in [0.3, 0.4) is 0 Å². The molecular formula is C25H31N7O. The summed E-state index contributed by atoms with van der Waals surface area (Å²) in [5.41, 5.74) is 11.6. The maximum Gasteiger partial charge on any atom is 0.152 e. The Labute approximate surface area is 193 Å². The summed E-state index contributed by atoms with van der Waals surface area (Å²) >= 11 is 0. The van der Waals surface area contributed by atoms with Gasteiger partial charge in [-0.1, -0.05) is 12.1 Å². The molecule has 1 aliphatic heterocycles. The van der Waals surface area contributed by atoms with Crippen LogP contribution in [0, 0.1) is 6.92 Å². The molecule has 0 bridgehead atoms. The smallest absolute Gasteiger partial charge is 0.152 e. The lowest BCUT2D eigenvalue weighted by atomic mass is 10.1. The highest BCUT2D eigenvalue weighted by Crippen LogP contribution is 2.27. The van der Waals surface area contributed by atoms with Gasteiger partial charge in [0.2, 0.25) is 0 Å². The normalized spacial score (nSPS) is 15.0. The Kier molecular flexibility index (Phi) is 6.11. The largest absolute Gasteiger partial charge is 0.382 e. The van der Waals surface area contributed by atoms with Gasteiger partial charge in [0.05, 0.1) is 5.52 Å². The van der Waals surface area contributed by atoms with Crippen molar-refractivity contribution >= 4 is 33.6 Å². The Hall–Kier alpha value is -3.23. The topological polar surface area (TPSA) is 105 Å². The summed E-state index contributed by atoms with van der Waals surface area (Å²) < 4.78 is 2.18. The molecule has 1 aliphatic rings. The summed E-state index contributed by atoms with van der Waals surface area (Å²) in [6, 6.07) is 12.0. The van der Waals surface area contributed by atoms with E-state index >= 15 is 0 Å². The lowest BCUT2D eigenvalue weighted by molar-refractivity contribution is 0.138. The van der Waals surface area contributed by atoms with Gasteiger partial charge in [-0.3, -0.25) is 10.3 Å². The predicted octanol–water partition coefficient (Wildman–Crippen LogP) is 3.53. The van der Waals surface area contributed by atoms with E-state index in [-0.39, 0.29) is 0 Å². The van der Waals surface area contributed by atoms with Crippen LogP contribution in [0.2, 0.25) is 0 Å². The average Bonchev–Trinajstić information content (AvgIpc) is 3.48. The molecule has 0 radical (unpaired) electrons. The minimum atomic E-state index is -0.660. The molecule has 33 heavy (non-hydrogen) atoms. The fraction of sp³-hybridized carbons (Fsp3) is 0.400. The van der Waals surface area contributed by atoms with Crippen molar-refractivity contribution in [3.63, 3.8) is 0 Å². The van der Waals surface area contributed by atoms with Crippen molar-refractivity contribution in [2.75, 3.05) is 30.3 Å². The summed E-state index contributed by atoms with van der Waals surface area (Å²) in [6.07, 6.45) is 5.50. The van der Waals surface area contributed by atoms with Crippen LogP contribution >= 0.6 is 0 Å². The van der Waals surface area contributed by atoms with Crippen molar-refractivity contribution < 1.29 is 5.11 Å². The quantitative estimate of drug-likeness (QED) is 0.281. The highest BCUT2D eigenvalue weighted by molar-refractivity contribution is 6.04. The number of nitrogens with two attached hydrogens (primary N) is 1. The molecule has 4 N–H and O–H groups in total. The Morgan fingerprint density at radius 3 is 2.64 bits per heavy atom. The number of nitrogen functional groups attached to an aromatic ring is 1. The molecule has 4 heterocycles. The lowest BCUT2D eigenvalue weighted by Gasteiger charge is -2.19. The molecule has 1 saturated heterocycles. The van der Waals surface area contributed by atoms with Crippen molar-refractivity contribution in [3.05, 3.63) is 54.0 Å². The SMILES string of the molecule is Cc1nc2c(N)nc3cccnc3c2n1CCCCNC(O)c1ccc(N2CCCC2)cc1. The number of pyridine rings is 2. The number of hydrogen-bond acceptors (Lipinski definition) is 7. The molecule has 4 aromatic rings. The number of aromatic nitrogens is 4. The summed E-state index contributed by atoms with van der Waals surface area (Å²) in [5, 5.41) is 13.8. The molecule has 0 amide bonds. The fourth-order valence-electron chi connectivity index (χ4n) is 4.70. The van der Waals surface area contributed by atoms with Crippen LogP contribution in [0.25, 0.3) is 22.1 Å². The molecule has 8 nitrogen and oxygen atoms in total. The molecule has 0 spiro atoms. The van der Waals surface area contributed by atoms with E-state index in [1.54, 1.807) is 6.20 Å². The van der Waals surface area contributed by atoms with Gasteiger partial charge in [-0.15, -0.1) is 0 Å². The van der Waals surface area contributed by atoms with E-state index in [4.69, 9.17) is 5.73 Å². The first-order chi connectivity index (χ1) is 16.1. The number of nitrogens with zero attached hydrogens (tertiary/aromatic N) is 5. The first-order valence-electron chi connectivity index (χ1n) is 11.8. The van der Waals surface area contributed by atoms with Crippen LogP contribution < -0.4 is 16.0 Å². The van der Waals surface area contributed by atoms with E-state index in [9.17, 15) is 5.11 Å². The van der Waals surface area contributed by atoms with Gasteiger partial charge < -0.3 is 20.3 Å². The van der Waals surface area contributed by atoms with Crippen molar-refractivity contribution in [2.24, 2.45) is 0 Å².